The number of rotatable bonds is 5. The van der Waals surface area contributed by atoms with Gasteiger partial charge in [-0.25, -0.2) is 4.39 Å². The maximum atomic E-state index is 13.1. The predicted molar refractivity (Wildman–Crippen MR) is 82.2 cm³/mol. The lowest BCUT2D eigenvalue weighted by atomic mass is 10.2. The molecule has 0 atom stereocenters. The number of nitrogens with one attached hydrogen (secondary N) is 1. The number of nitrogens with zero attached hydrogens (tertiary/aromatic N) is 2. The van der Waals surface area contributed by atoms with Crippen LogP contribution in [-0.2, 0) is 6.42 Å². The Morgan fingerprint density at radius 3 is 2.70 bits per heavy atom. The van der Waals surface area contributed by atoms with E-state index in [2.05, 4.69) is 15.5 Å². The molecule has 1 N–H and O–H groups in total. The van der Waals surface area contributed by atoms with E-state index >= 15 is 0 Å². The first kappa shape index (κ1) is 14.9. The summed E-state index contributed by atoms with van der Waals surface area (Å²) in [5.41, 5.74) is 1.12. The van der Waals surface area contributed by atoms with Gasteiger partial charge in [-0.3, -0.25) is 4.79 Å². The second-order valence-corrected chi connectivity index (χ2v) is 4.88. The van der Waals surface area contributed by atoms with Crippen molar-refractivity contribution in [1.82, 2.24) is 15.5 Å². The molecule has 0 aliphatic rings. The van der Waals surface area contributed by atoms with Gasteiger partial charge in [0.15, 0.2) is 0 Å². The Morgan fingerprint density at radius 2 is 1.91 bits per heavy atom. The number of hydrogen-bond donors (Lipinski definition) is 1. The van der Waals surface area contributed by atoms with Gasteiger partial charge in [0.25, 0.3) is 5.91 Å². The highest BCUT2D eigenvalue weighted by molar-refractivity contribution is 5.94. The van der Waals surface area contributed by atoms with Crippen LogP contribution in [0.25, 0.3) is 11.5 Å². The number of aromatic nitrogens is 2. The SMILES string of the molecule is O=C(NCCc1nnc(-c2ccccc2)o1)c1cccc(F)c1. The summed E-state index contributed by atoms with van der Waals surface area (Å²) in [5, 5.41) is 10.6. The van der Waals surface area contributed by atoms with E-state index in [1.165, 1.54) is 18.2 Å². The van der Waals surface area contributed by atoms with Gasteiger partial charge in [-0.05, 0) is 30.3 Å². The lowest BCUT2D eigenvalue weighted by Gasteiger charge is -2.03. The van der Waals surface area contributed by atoms with E-state index in [-0.39, 0.29) is 11.5 Å². The quantitative estimate of drug-likeness (QED) is 0.786. The third-order valence-electron chi connectivity index (χ3n) is 3.20. The lowest BCUT2D eigenvalue weighted by molar-refractivity contribution is 0.0953. The van der Waals surface area contributed by atoms with Crippen molar-refractivity contribution in [2.45, 2.75) is 6.42 Å². The van der Waals surface area contributed by atoms with Gasteiger partial charge < -0.3 is 9.73 Å². The van der Waals surface area contributed by atoms with Crippen LogP contribution in [0, 0.1) is 5.82 Å². The van der Waals surface area contributed by atoms with Crippen LogP contribution < -0.4 is 5.32 Å². The number of carbonyl (C=O) groups is 1. The van der Waals surface area contributed by atoms with Gasteiger partial charge in [0.05, 0.1) is 0 Å². The summed E-state index contributed by atoms with van der Waals surface area (Å²) in [7, 11) is 0. The zero-order valence-electron chi connectivity index (χ0n) is 12.2. The Hall–Kier alpha value is -3.02. The van der Waals surface area contributed by atoms with E-state index in [0.717, 1.165) is 5.56 Å². The first-order chi connectivity index (χ1) is 11.2. The molecule has 1 aromatic heterocycles. The lowest BCUT2D eigenvalue weighted by Crippen LogP contribution is -2.25. The number of carbonyl (C=O) groups excluding carboxylic acids is 1. The van der Waals surface area contributed by atoms with Gasteiger partial charge in [0, 0.05) is 24.1 Å². The minimum absolute atomic E-state index is 0.278. The Morgan fingerprint density at radius 1 is 1.09 bits per heavy atom. The van der Waals surface area contributed by atoms with E-state index in [0.29, 0.717) is 24.7 Å². The van der Waals surface area contributed by atoms with Gasteiger partial charge in [-0.2, -0.15) is 0 Å². The van der Waals surface area contributed by atoms with Crippen LogP contribution in [0.15, 0.2) is 59.0 Å². The summed E-state index contributed by atoms with van der Waals surface area (Å²) >= 11 is 0. The largest absolute Gasteiger partial charge is 0.421 e. The van der Waals surface area contributed by atoms with E-state index in [4.69, 9.17) is 4.42 Å². The molecule has 0 aliphatic heterocycles. The number of hydrogen-bond acceptors (Lipinski definition) is 4. The molecule has 0 fully saturated rings. The molecular weight excluding hydrogens is 297 g/mol. The molecule has 0 aliphatic carbocycles. The van der Waals surface area contributed by atoms with Crippen LogP contribution >= 0.6 is 0 Å². The van der Waals surface area contributed by atoms with Crippen LogP contribution in [0.5, 0.6) is 0 Å². The monoisotopic (exact) mass is 311 g/mol. The fourth-order valence-electron chi connectivity index (χ4n) is 2.07. The van der Waals surface area contributed by atoms with E-state index < -0.39 is 5.82 Å². The third kappa shape index (κ3) is 3.79. The average molecular weight is 311 g/mol. The maximum Gasteiger partial charge on any atom is 0.251 e. The zero-order valence-corrected chi connectivity index (χ0v) is 12.2. The molecule has 1 amide bonds. The molecule has 3 aromatic rings. The van der Waals surface area contributed by atoms with Crippen LogP contribution in [0.3, 0.4) is 0 Å². The third-order valence-corrected chi connectivity index (χ3v) is 3.20. The molecular formula is C17H14FN3O2. The van der Waals surface area contributed by atoms with Crippen molar-refractivity contribution in [3.8, 4) is 11.5 Å². The first-order valence-corrected chi connectivity index (χ1v) is 7.14. The number of amides is 1. The first-order valence-electron chi connectivity index (χ1n) is 7.14. The van der Waals surface area contributed by atoms with Crippen molar-refractivity contribution in [2.75, 3.05) is 6.54 Å². The fraction of sp³-hybridized carbons (Fsp3) is 0.118. The van der Waals surface area contributed by atoms with Crippen LogP contribution in [0.4, 0.5) is 4.39 Å². The molecule has 116 valence electrons. The zero-order chi connectivity index (χ0) is 16.1. The highest BCUT2D eigenvalue weighted by Crippen LogP contribution is 2.16. The molecule has 23 heavy (non-hydrogen) atoms. The molecule has 2 aromatic carbocycles. The van der Waals surface area contributed by atoms with Crippen LogP contribution in [-0.4, -0.2) is 22.6 Å². The minimum atomic E-state index is -0.443. The molecule has 0 spiro atoms. The van der Waals surface area contributed by atoms with Crippen molar-refractivity contribution in [3.05, 3.63) is 71.9 Å². The summed E-state index contributed by atoms with van der Waals surface area (Å²) in [6.07, 6.45) is 0.404. The van der Waals surface area contributed by atoms with Gasteiger partial charge >= 0.3 is 0 Å². The number of halogens is 1. The fourth-order valence-corrected chi connectivity index (χ4v) is 2.07. The normalized spacial score (nSPS) is 10.5. The van der Waals surface area contributed by atoms with Crippen LogP contribution in [0.1, 0.15) is 16.2 Å². The predicted octanol–water partition coefficient (Wildman–Crippen LogP) is 2.85. The molecule has 5 nitrogen and oxygen atoms in total. The molecule has 0 radical (unpaired) electrons. The second kappa shape index (κ2) is 6.83. The van der Waals surface area contributed by atoms with E-state index in [9.17, 15) is 9.18 Å². The summed E-state index contributed by atoms with van der Waals surface area (Å²) in [6.45, 7) is 0.325. The van der Waals surface area contributed by atoms with Crippen molar-refractivity contribution in [1.29, 1.82) is 0 Å². The van der Waals surface area contributed by atoms with Crippen molar-refractivity contribution in [2.24, 2.45) is 0 Å². The molecule has 3 rings (SSSR count). The van der Waals surface area contributed by atoms with Crippen molar-refractivity contribution >= 4 is 5.91 Å². The van der Waals surface area contributed by atoms with Crippen molar-refractivity contribution < 1.29 is 13.6 Å². The summed E-state index contributed by atoms with van der Waals surface area (Å²) in [6, 6.07) is 15.0. The molecule has 0 bridgehead atoms. The van der Waals surface area contributed by atoms with Crippen molar-refractivity contribution in [3.63, 3.8) is 0 Å². The topological polar surface area (TPSA) is 68.0 Å². The smallest absolute Gasteiger partial charge is 0.251 e. The standard InChI is InChI=1S/C17H14FN3O2/c18-14-8-4-7-13(11-14)16(22)19-10-9-15-20-21-17(23-15)12-5-2-1-3-6-12/h1-8,11H,9-10H2,(H,19,22). The molecule has 6 heteroatoms. The Labute approximate surface area is 132 Å². The average Bonchev–Trinajstić information content (AvgIpc) is 3.04. The summed E-state index contributed by atoms with van der Waals surface area (Å²) in [5.74, 6) is 0.0924. The molecule has 1 heterocycles. The highest BCUT2D eigenvalue weighted by atomic mass is 19.1. The summed E-state index contributed by atoms with van der Waals surface area (Å²) < 4.78 is 18.6. The van der Waals surface area contributed by atoms with E-state index in [1.54, 1.807) is 6.07 Å². The Balaban J connectivity index is 1.55. The highest BCUT2D eigenvalue weighted by Gasteiger charge is 2.09. The minimum Gasteiger partial charge on any atom is -0.421 e. The van der Waals surface area contributed by atoms with Gasteiger partial charge in [-0.1, -0.05) is 24.3 Å². The number of benzene rings is 2. The molecule has 0 unspecified atom stereocenters. The summed E-state index contributed by atoms with van der Waals surface area (Å²) in [4.78, 5) is 11.9. The second-order valence-electron chi connectivity index (χ2n) is 4.88. The molecule has 0 saturated heterocycles. The van der Waals surface area contributed by atoms with Gasteiger partial charge in [-0.15, -0.1) is 10.2 Å². The van der Waals surface area contributed by atoms with Crippen LogP contribution in [0.2, 0.25) is 0 Å². The maximum absolute atomic E-state index is 13.1. The molecule has 0 saturated carbocycles. The Kier molecular flexibility index (Phi) is 4.42. The Bertz CT molecular complexity index is 802. The van der Waals surface area contributed by atoms with Gasteiger partial charge in [0.1, 0.15) is 5.82 Å². The van der Waals surface area contributed by atoms with E-state index in [1.807, 2.05) is 30.3 Å². The van der Waals surface area contributed by atoms with Gasteiger partial charge in [0.2, 0.25) is 11.8 Å².